The molecule has 3 rings (SSSR count). The fourth-order valence-corrected chi connectivity index (χ4v) is 3.45. The van der Waals surface area contributed by atoms with Crippen LogP contribution in [0.3, 0.4) is 0 Å². The van der Waals surface area contributed by atoms with Crippen molar-refractivity contribution in [3.8, 4) is 5.75 Å². The molecule has 1 aliphatic rings. The molecule has 0 saturated heterocycles. The summed E-state index contributed by atoms with van der Waals surface area (Å²) in [4.78, 5) is 13.6. The summed E-state index contributed by atoms with van der Waals surface area (Å²) in [7, 11) is 1.61. The Balaban J connectivity index is 1.92. The zero-order valence-corrected chi connectivity index (χ0v) is 14.4. The highest BCUT2D eigenvalue weighted by Gasteiger charge is 2.33. The lowest BCUT2D eigenvalue weighted by atomic mass is 10.1. The second-order valence-corrected chi connectivity index (χ2v) is 6.32. The summed E-state index contributed by atoms with van der Waals surface area (Å²) in [6, 6.07) is 5.12. The number of carboxylic acid groups (broad SMARTS) is 1. The Morgan fingerprint density at radius 1 is 1.48 bits per heavy atom. The highest BCUT2D eigenvalue weighted by molar-refractivity contribution is 9.10. The van der Waals surface area contributed by atoms with Crippen molar-refractivity contribution in [2.45, 2.75) is 32.6 Å². The van der Waals surface area contributed by atoms with E-state index in [-0.39, 0.29) is 0 Å². The third kappa shape index (κ3) is 2.96. The van der Waals surface area contributed by atoms with Gasteiger partial charge in [0.1, 0.15) is 23.4 Å². The summed E-state index contributed by atoms with van der Waals surface area (Å²) < 4.78 is 8.15. The van der Waals surface area contributed by atoms with Crippen LogP contribution < -0.4 is 4.74 Å². The van der Waals surface area contributed by atoms with Crippen LogP contribution in [0.15, 0.2) is 22.7 Å². The van der Waals surface area contributed by atoms with E-state index < -0.39 is 12.0 Å². The average molecular weight is 381 g/mol. The Labute approximate surface area is 142 Å². The quantitative estimate of drug-likeness (QED) is 0.871. The Hall–Kier alpha value is -1.93. The van der Waals surface area contributed by atoms with Crippen LogP contribution in [-0.2, 0) is 24.4 Å². The maximum Gasteiger partial charge on any atom is 0.322 e. The van der Waals surface area contributed by atoms with E-state index in [0.29, 0.717) is 19.6 Å². The van der Waals surface area contributed by atoms with Gasteiger partial charge in [-0.05, 0) is 28.9 Å². The second-order valence-electron chi connectivity index (χ2n) is 5.47. The van der Waals surface area contributed by atoms with Crippen LogP contribution in [0.1, 0.15) is 17.2 Å². The van der Waals surface area contributed by atoms with Gasteiger partial charge in [0.05, 0.1) is 24.7 Å². The molecule has 122 valence electrons. The van der Waals surface area contributed by atoms with Gasteiger partial charge in [-0.3, -0.25) is 9.69 Å². The van der Waals surface area contributed by atoms with Gasteiger partial charge in [0, 0.05) is 12.1 Å². The molecule has 1 aromatic carbocycles. The molecule has 1 unspecified atom stereocenters. The number of halogens is 1. The Morgan fingerprint density at radius 3 is 2.96 bits per heavy atom. The number of ether oxygens (including phenoxy) is 1. The number of aliphatic carboxylic acids is 1. The highest BCUT2D eigenvalue weighted by Crippen LogP contribution is 2.31. The van der Waals surface area contributed by atoms with E-state index in [1.807, 2.05) is 34.6 Å². The number of hydrogen-bond acceptors (Lipinski definition) is 5. The maximum atomic E-state index is 11.7. The average Bonchev–Trinajstić information content (AvgIpc) is 2.87. The normalized spacial score (nSPS) is 17.8. The van der Waals surface area contributed by atoms with Crippen molar-refractivity contribution in [3.63, 3.8) is 0 Å². The molecule has 1 aromatic heterocycles. The first-order valence-electron chi connectivity index (χ1n) is 7.18. The van der Waals surface area contributed by atoms with Gasteiger partial charge in [-0.2, -0.15) is 0 Å². The van der Waals surface area contributed by atoms with Crippen molar-refractivity contribution in [2.75, 3.05) is 7.11 Å². The van der Waals surface area contributed by atoms with E-state index in [2.05, 4.69) is 26.1 Å². The molecule has 1 atom stereocenters. The van der Waals surface area contributed by atoms with E-state index in [1.54, 1.807) is 7.11 Å². The fraction of sp³-hybridized carbons (Fsp3) is 0.400. The van der Waals surface area contributed by atoms with Gasteiger partial charge >= 0.3 is 5.97 Å². The zero-order valence-electron chi connectivity index (χ0n) is 12.9. The summed E-state index contributed by atoms with van der Waals surface area (Å²) in [6.07, 6.45) is 0. The molecule has 0 aliphatic carbocycles. The van der Waals surface area contributed by atoms with Gasteiger partial charge < -0.3 is 14.4 Å². The Bertz CT molecular complexity index is 746. The minimum absolute atomic E-state index is 0.347. The summed E-state index contributed by atoms with van der Waals surface area (Å²) in [5, 5.41) is 17.8. The molecular formula is C15H17BrN4O3. The Kier molecular flexibility index (Phi) is 4.36. The first kappa shape index (κ1) is 15.9. The third-order valence-electron chi connectivity index (χ3n) is 4.06. The molecule has 0 saturated carbocycles. The first-order valence-corrected chi connectivity index (χ1v) is 7.97. The topological polar surface area (TPSA) is 80.5 Å². The molecular weight excluding hydrogens is 364 g/mol. The van der Waals surface area contributed by atoms with Crippen molar-refractivity contribution in [2.24, 2.45) is 0 Å². The molecule has 7 nitrogen and oxygen atoms in total. The standard InChI is InChI=1S/C15H17BrN4O3/c1-9-17-18-13-8-19(12(15(21)22)7-20(9)13)6-10-4-3-5-11(16)14(10)23-2/h3-5,12H,6-8H2,1-2H3,(H,21,22). The van der Waals surface area contributed by atoms with E-state index in [1.165, 1.54) is 0 Å². The number of rotatable bonds is 4. The molecule has 1 N–H and O–H groups in total. The van der Waals surface area contributed by atoms with Crippen LogP contribution in [0.5, 0.6) is 5.75 Å². The van der Waals surface area contributed by atoms with Crippen molar-refractivity contribution >= 4 is 21.9 Å². The van der Waals surface area contributed by atoms with E-state index >= 15 is 0 Å². The number of hydrogen-bond donors (Lipinski definition) is 1. The van der Waals surface area contributed by atoms with Crippen molar-refractivity contribution in [1.82, 2.24) is 19.7 Å². The van der Waals surface area contributed by atoms with Gasteiger partial charge in [0.15, 0.2) is 0 Å². The van der Waals surface area contributed by atoms with Crippen LogP contribution in [0.25, 0.3) is 0 Å². The monoisotopic (exact) mass is 380 g/mol. The van der Waals surface area contributed by atoms with Crippen LogP contribution in [0, 0.1) is 6.92 Å². The number of benzene rings is 1. The molecule has 23 heavy (non-hydrogen) atoms. The van der Waals surface area contributed by atoms with Gasteiger partial charge in [-0.25, -0.2) is 0 Å². The number of aryl methyl sites for hydroxylation is 1. The SMILES string of the molecule is COc1c(Br)cccc1CN1Cc2nnc(C)n2CC1C(=O)O. The minimum atomic E-state index is -0.849. The summed E-state index contributed by atoms with van der Waals surface area (Å²) in [5.74, 6) is 1.40. The van der Waals surface area contributed by atoms with Crippen LogP contribution in [-0.4, -0.2) is 43.9 Å². The first-order chi connectivity index (χ1) is 11.0. The lowest BCUT2D eigenvalue weighted by Gasteiger charge is -2.33. The molecule has 8 heteroatoms. The number of aromatic nitrogens is 3. The summed E-state index contributed by atoms with van der Waals surface area (Å²) >= 11 is 3.46. The van der Waals surface area contributed by atoms with Gasteiger partial charge in [0.2, 0.25) is 0 Å². The number of carbonyl (C=O) groups is 1. The van der Waals surface area contributed by atoms with Gasteiger partial charge in [0.25, 0.3) is 0 Å². The van der Waals surface area contributed by atoms with Crippen LogP contribution in [0.4, 0.5) is 0 Å². The number of carboxylic acids is 1. The lowest BCUT2D eigenvalue weighted by Crippen LogP contribution is -2.47. The second kappa shape index (κ2) is 6.29. The van der Waals surface area contributed by atoms with Crippen molar-refractivity contribution < 1.29 is 14.6 Å². The molecule has 0 radical (unpaired) electrons. The van der Waals surface area contributed by atoms with Crippen LogP contribution >= 0.6 is 15.9 Å². The fourth-order valence-electron chi connectivity index (χ4n) is 2.89. The highest BCUT2D eigenvalue weighted by atomic mass is 79.9. The summed E-state index contributed by atoms with van der Waals surface area (Å²) in [6.45, 7) is 3.08. The largest absolute Gasteiger partial charge is 0.495 e. The van der Waals surface area contributed by atoms with Crippen molar-refractivity contribution in [1.29, 1.82) is 0 Å². The maximum absolute atomic E-state index is 11.7. The van der Waals surface area contributed by atoms with Crippen LogP contribution in [0.2, 0.25) is 0 Å². The van der Waals surface area contributed by atoms with Gasteiger partial charge in [-0.15, -0.1) is 10.2 Å². The number of nitrogens with zero attached hydrogens (tertiary/aromatic N) is 4. The summed E-state index contributed by atoms with van der Waals surface area (Å²) in [5.41, 5.74) is 0.929. The smallest absolute Gasteiger partial charge is 0.322 e. The number of methoxy groups -OCH3 is 1. The minimum Gasteiger partial charge on any atom is -0.495 e. The molecule has 2 heterocycles. The number of para-hydroxylation sites is 1. The molecule has 0 fully saturated rings. The third-order valence-corrected chi connectivity index (χ3v) is 4.69. The zero-order chi connectivity index (χ0) is 16.6. The van der Waals surface area contributed by atoms with E-state index in [0.717, 1.165) is 27.4 Å². The van der Waals surface area contributed by atoms with Crippen molar-refractivity contribution in [3.05, 3.63) is 39.9 Å². The predicted octanol–water partition coefficient (Wildman–Crippen LogP) is 1.83. The predicted molar refractivity (Wildman–Crippen MR) is 86.1 cm³/mol. The van der Waals surface area contributed by atoms with E-state index in [9.17, 15) is 9.90 Å². The molecule has 1 aliphatic heterocycles. The molecule has 2 aromatic rings. The van der Waals surface area contributed by atoms with E-state index in [4.69, 9.17) is 4.74 Å². The number of fused-ring (bicyclic) bond motifs is 1. The molecule has 0 spiro atoms. The molecule has 0 bridgehead atoms. The van der Waals surface area contributed by atoms with Gasteiger partial charge in [-0.1, -0.05) is 12.1 Å². The molecule has 0 amide bonds. The lowest BCUT2D eigenvalue weighted by molar-refractivity contribution is -0.145. The Morgan fingerprint density at radius 2 is 2.26 bits per heavy atom.